The molecule has 5 rings (SSSR count). The number of hydrogen-bond donors (Lipinski definition) is 1. The molecule has 2 aromatic heterocycles. The number of piperidine rings is 1. The molecule has 3 heterocycles. The molecule has 1 saturated heterocycles. The number of benzene rings is 2. The zero-order chi connectivity index (χ0) is 22.1. The topological polar surface area (TPSA) is 75.4 Å². The van der Waals surface area contributed by atoms with Gasteiger partial charge < -0.3 is 14.6 Å². The summed E-state index contributed by atoms with van der Waals surface area (Å²) in [6, 6.07) is 15.8. The van der Waals surface area contributed by atoms with E-state index in [-0.39, 0.29) is 17.7 Å². The van der Waals surface area contributed by atoms with Gasteiger partial charge in [0.15, 0.2) is 0 Å². The smallest absolute Gasteiger partial charge is 0.257 e. The van der Waals surface area contributed by atoms with Crippen LogP contribution in [0, 0.1) is 12.8 Å². The highest BCUT2D eigenvalue weighted by atomic mass is 32.1. The Hall–Kier alpha value is -3.45. The monoisotopic (exact) mass is 445 g/mol. The average Bonchev–Trinajstić information content (AvgIpc) is 3.49. The van der Waals surface area contributed by atoms with Crippen molar-refractivity contribution >= 4 is 39.1 Å². The summed E-state index contributed by atoms with van der Waals surface area (Å²) in [6.45, 7) is 3.22. The first-order valence-corrected chi connectivity index (χ1v) is 11.5. The van der Waals surface area contributed by atoms with Crippen LogP contribution < -0.4 is 5.32 Å². The van der Waals surface area contributed by atoms with E-state index in [0.717, 1.165) is 21.8 Å². The molecule has 7 heteroatoms. The normalized spacial score (nSPS) is 14.6. The van der Waals surface area contributed by atoms with Gasteiger partial charge in [0.2, 0.25) is 5.91 Å². The Morgan fingerprint density at radius 2 is 1.88 bits per heavy atom. The second-order valence-corrected chi connectivity index (χ2v) is 9.17. The zero-order valence-electron chi connectivity index (χ0n) is 17.7. The van der Waals surface area contributed by atoms with Crippen LogP contribution in [0.4, 0.5) is 5.69 Å². The minimum atomic E-state index is -0.101. The van der Waals surface area contributed by atoms with Gasteiger partial charge in [-0.25, -0.2) is 4.98 Å². The lowest BCUT2D eigenvalue weighted by Crippen LogP contribution is -2.41. The number of amides is 2. The SMILES string of the molecule is Cc1ccc2nc(-c3ccc(NC(=O)C4CCN(C(=O)c5ccoc5)CC4)cc3)sc2c1. The van der Waals surface area contributed by atoms with Gasteiger partial charge in [0.25, 0.3) is 5.91 Å². The van der Waals surface area contributed by atoms with E-state index in [1.54, 1.807) is 22.3 Å². The minimum absolute atomic E-state index is 0.00335. The predicted molar refractivity (Wildman–Crippen MR) is 126 cm³/mol. The molecule has 0 saturated carbocycles. The number of likely N-dealkylation sites (tertiary alicyclic amines) is 1. The fraction of sp³-hybridized carbons (Fsp3) is 0.240. The Morgan fingerprint density at radius 1 is 1.09 bits per heavy atom. The largest absolute Gasteiger partial charge is 0.472 e. The summed E-state index contributed by atoms with van der Waals surface area (Å²) in [6.07, 6.45) is 4.26. The van der Waals surface area contributed by atoms with Gasteiger partial charge in [0.05, 0.1) is 22.0 Å². The van der Waals surface area contributed by atoms with Crippen molar-refractivity contribution in [3.8, 4) is 10.6 Å². The number of thiazole rings is 1. The van der Waals surface area contributed by atoms with Crippen LogP contribution in [0.1, 0.15) is 28.8 Å². The molecule has 1 fully saturated rings. The number of aryl methyl sites for hydroxylation is 1. The maximum absolute atomic E-state index is 12.7. The van der Waals surface area contributed by atoms with E-state index in [4.69, 9.17) is 9.40 Å². The minimum Gasteiger partial charge on any atom is -0.472 e. The van der Waals surface area contributed by atoms with Crippen molar-refractivity contribution in [3.05, 3.63) is 72.2 Å². The number of furan rings is 1. The molecule has 32 heavy (non-hydrogen) atoms. The number of carbonyl (C=O) groups is 2. The van der Waals surface area contributed by atoms with Gasteiger partial charge in [-0.1, -0.05) is 6.07 Å². The summed E-state index contributed by atoms with van der Waals surface area (Å²) >= 11 is 1.67. The number of nitrogens with zero attached hydrogens (tertiary/aromatic N) is 2. The lowest BCUT2D eigenvalue weighted by molar-refractivity contribution is -0.121. The van der Waals surface area contributed by atoms with E-state index >= 15 is 0 Å². The van der Waals surface area contributed by atoms with Crippen LogP contribution in [0.2, 0.25) is 0 Å². The van der Waals surface area contributed by atoms with Crippen molar-refractivity contribution in [2.24, 2.45) is 5.92 Å². The molecule has 0 atom stereocenters. The highest BCUT2D eigenvalue weighted by Gasteiger charge is 2.28. The van der Waals surface area contributed by atoms with E-state index in [1.165, 1.54) is 22.8 Å². The fourth-order valence-corrected chi connectivity index (χ4v) is 5.08. The predicted octanol–water partition coefficient (Wildman–Crippen LogP) is 5.36. The van der Waals surface area contributed by atoms with E-state index in [0.29, 0.717) is 31.5 Å². The average molecular weight is 446 g/mol. The van der Waals surface area contributed by atoms with Gasteiger partial charge >= 0.3 is 0 Å². The molecule has 0 bridgehead atoms. The molecular formula is C25H23N3O3S. The van der Waals surface area contributed by atoms with Gasteiger partial charge in [0, 0.05) is 30.3 Å². The third-order valence-electron chi connectivity index (χ3n) is 5.86. The van der Waals surface area contributed by atoms with Crippen LogP contribution in [0.25, 0.3) is 20.8 Å². The van der Waals surface area contributed by atoms with Crippen molar-refractivity contribution in [1.82, 2.24) is 9.88 Å². The molecule has 2 aromatic carbocycles. The van der Waals surface area contributed by atoms with Crippen molar-refractivity contribution < 1.29 is 14.0 Å². The van der Waals surface area contributed by atoms with Crippen molar-refractivity contribution in [3.63, 3.8) is 0 Å². The number of hydrogen-bond acceptors (Lipinski definition) is 5. The Morgan fingerprint density at radius 3 is 2.59 bits per heavy atom. The molecule has 1 N–H and O–H groups in total. The number of carbonyl (C=O) groups excluding carboxylic acids is 2. The summed E-state index contributed by atoms with van der Waals surface area (Å²) in [5.41, 5.74) is 4.59. The van der Waals surface area contributed by atoms with Gasteiger partial charge in [-0.2, -0.15) is 0 Å². The number of nitrogens with one attached hydrogen (secondary N) is 1. The molecule has 0 spiro atoms. The van der Waals surface area contributed by atoms with E-state index in [9.17, 15) is 9.59 Å². The quantitative estimate of drug-likeness (QED) is 0.459. The van der Waals surface area contributed by atoms with Crippen LogP contribution in [0.3, 0.4) is 0 Å². The van der Waals surface area contributed by atoms with Crippen LogP contribution in [-0.2, 0) is 4.79 Å². The zero-order valence-corrected chi connectivity index (χ0v) is 18.5. The first-order valence-electron chi connectivity index (χ1n) is 10.7. The summed E-state index contributed by atoms with van der Waals surface area (Å²) in [7, 11) is 0. The number of aromatic nitrogens is 1. The molecule has 0 radical (unpaired) electrons. The lowest BCUT2D eigenvalue weighted by atomic mass is 9.95. The van der Waals surface area contributed by atoms with E-state index < -0.39 is 0 Å². The van der Waals surface area contributed by atoms with E-state index in [2.05, 4.69) is 24.4 Å². The fourth-order valence-electron chi connectivity index (χ4n) is 4.01. The first kappa shape index (κ1) is 20.5. The summed E-state index contributed by atoms with van der Waals surface area (Å²) in [5.74, 6) is -0.141. The number of anilines is 1. The van der Waals surface area contributed by atoms with Crippen LogP contribution in [0.5, 0.6) is 0 Å². The third kappa shape index (κ3) is 4.16. The number of rotatable bonds is 4. The van der Waals surface area contributed by atoms with Crippen molar-refractivity contribution in [2.45, 2.75) is 19.8 Å². The standard InChI is InChI=1S/C25H23N3O3S/c1-16-2-7-21-22(14-16)32-24(27-21)18-3-5-20(6-4-18)26-23(29)17-8-11-28(12-9-17)25(30)19-10-13-31-15-19/h2-7,10,13-15,17H,8-9,11-12H2,1H3,(H,26,29). The van der Waals surface area contributed by atoms with Crippen LogP contribution in [0.15, 0.2) is 65.5 Å². The Balaban J connectivity index is 1.19. The molecule has 0 unspecified atom stereocenters. The first-order chi connectivity index (χ1) is 15.6. The highest BCUT2D eigenvalue weighted by molar-refractivity contribution is 7.21. The summed E-state index contributed by atoms with van der Waals surface area (Å²) in [4.78, 5) is 31.7. The van der Waals surface area contributed by atoms with Crippen LogP contribution in [-0.4, -0.2) is 34.8 Å². The Labute approximate surface area is 189 Å². The molecule has 1 aliphatic heterocycles. The van der Waals surface area contributed by atoms with Gasteiger partial charge in [0.1, 0.15) is 11.3 Å². The van der Waals surface area contributed by atoms with Crippen molar-refractivity contribution in [1.29, 1.82) is 0 Å². The second kappa shape index (κ2) is 8.59. The number of fused-ring (bicyclic) bond motifs is 1. The molecule has 4 aromatic rings. The maximum Gasteiger partial charge on any atom is 0.257 e. The summed E-state index contributed by atoms with van der Waals surface area (Å²) < 4.78 is 6.17. The molecular weight excluding hydrogens is 422 g/mol. The van der Waals surface area contributed by atoms with Gasteiger partial charge in [-0.15, -0.1) is 11.3 Å². The molecule has 162 valence electrons. The lowest BCUT2D eigenvalue weighted by Gasteiger charge is -2.31. The highest BCUT2D eigenvalue weighted by Crippen LogP contribution is 2.31. The molecule has 0 aliphatic carbocycles. The van der Waals surface area contributed by atoms with E-state index in [1.807, 2.05) is 30.3 Å². The molecule has 1 aliphatic rings. The van der Waals surface area contributed by atoms with Gasteiger partial charge in [-0.05, 0) is 67.8 Å². The Kier molecular flexibility index (Phi) is 5.49. The van der Waals surface area contributed by atoms with Gasteiger partial charge in [-0.3, -0.25) is 9.59 Å². The van der Waals surface area contributed by atoms with Crippen molar-refractivity contribution in [2.75, 3.05) is 18.4 Å². The molecule has 6 nitrogen and oxygen atoms in total. The molecule has 2 amide bonds. The third-order valence-corrected chi connectivity index (χ3v) is 6.93. The summed E-state index contributed by atoms with van der Waals surface area (Å²) in [5, 5.41) is 3.99. The van der Waals surface area contributed by atoms with Crippen LogP contribution >= 0.6 is 11.3 Å². The maximum atomic E-state index is 12.7. The second-order valence-electron chi connectivity index (χ2n) is 8.14. The Bertz CT molecular complexity index is 1250.